The molecule has 0 aliphatic carbocycles. The fourth-order valence-electron chi connectivity index (χ4n) is 1.98. The SMILES string of the molecule is CC(C)(C)OC(=O)Nc1ccc(NCCc2ccccc2)cn1. The third-order valence-electron chi connectivity index (χ3n) is 2.98. The number of anilines is 2. The Labute approximate surface area is 137 Å². The minimum absolute atomic E-state index is 0.466. The van der Waals surface area contributed by atoms with Crippen molar-refractivity contribution in [2.24, 2.45) is 0 Å². The molecule has 0 radical (unpaired) electrons. The van der Waals surface area contributed by atoms with E-state index in [1.165, 1.54) is 5.56 Å². The van der Waals surface area contributed by atoms with Gasteiger partial charge in [0.25, 0.3) is 0 Å². The summed E-state index contributed by atoms with van der Waals surface area (Å²) >= 11 is 0. The maximum absolute atomic E-state index is 11.7. The zero-order valence-corrected chi connectivity index (χ0v) is 13.8. The number of nitrogens with zero attached hydrogens (tertiary/aromatic N) is 1. The van der Waals surface area contributed by atoms with Crippen LogP contribution in [0, 0.1) is 0 Å². The molecule has 122 valence electrons. The lowest BCUT2D eigenvalue weighted by molar-refractivity contribution is 0.0635. The average Bonchev–Trinajstić information content (AvgIpc) is 2.48. The van der Waals surface area contributed by atoms with Crippen molar-refractivity contribution >= 4 is 17.6 Å². The number of rotatable bonds is 5. The second-order valence-corrected chi connectivity index (χ2v) is 6.22. The molecule has 0 bridgehead atoms. The van der Waals surface area contributed by atoms with Gasteiger partial charge in [0.15, 0.2) is 0 Å². The van der Waals surface area contributed by atoms with Gasteiger partial charge in [0.1, 0.15) is 11.4 Å². The van der Waals surface area contributed by atoms with E-state index in [4.69, 9.17) is 4.74 Å². The first kappa shape index (κ1) is 16.8. The second kappa shape index (κ2) is 7.63. The standard InChI is InChI=1S/C18H23N3O2/c1-18(2,3)23-17(22)21-16-10-9-15(13-20-16)19-12-11-14-7-5-4-6-8-14/h4-10,13,19H,11-12H2,1-3H3,(H,20,21,22). The molecule has 0 atom stereocenters. The topological polar surface area (TPSA) is 63.2 Å². The zero-order chi connectivity index (χ0) is 16.7. The Morgan fingerprint density at radius 1 is 1.13 bits per heavy atom. The predicted molar refractivity (Wildman–Crippen MR) is 92.7 cm³/mol. The second-order valence-electron chi connectivity index (χ2n) is 6.22. The molecule has 2 N–H and O–H groups in total. The van der Waals surface area contributed by atoms with E-state index in [1.807, 2.05) is 45.0 Å². The Balaban J connectivity index is 1.79. The quantitative estimate of drug-likeness (QED) is 0.873. The fourth-order valence-corrected chi connectivity index (χ4v) is 1.98. The molecule has 2 rings (SSSR count). The first-order chi connectivity index (χ1) is 10.9. The van der Waals surface area contributed by atoms with Gasteiger partial charge in [-0.3, -0.25) is 5.32 Å². The van der Waals surface area contributed by atoms with Crippen molar-refractivity contribution < 1.29 is 9.53 Å². The van der Waals surface area contributed by atoms with Crippen molar-refractivity contribution in [3.63, 3.8) is 0 Å². The summed E-state index contributed by atoms with van der Waals surface area (Å²) in [5, 5.41) is 5.91. The van der Waals surface area contributed by atoms with Crippen molar-refractivity contribution in [2.45, 2.75) is 32.8 Å². The first-order valence-electron chi connectivity index (χ1n) is 7.66. The normalized spacial score (nSPS) is 10.9. The monoisotopic (exact) mass is 313 g/mol. The van der Waals surface area contributed by atoms with E-state index in [0.29, 0.717) is 5.82 Å². The molecule has 0 saturated carbocycles. The summed E-state index contributed by atoms with van der Waals surface area (Å²) in [6.07, 6.45) is 2.13. The fraction of sp³-hybridized carbons (Fsp3) is 0.333. The number of hydrogen-bond donors (Lipinski definition) is 2. The van der Waals surface area contributed by atoms with Gasteiger partial charge >= 0.3 is 6.09 Å². The van der Waals surface area contributed by atoms with Gasteiger partial charge in [-0.15, -0.1) is 0 Å². The molecule has 5 nitrogen and oxygen atoms in total. The molecule has 1 aromatic heterocycles. The van der Waals surface area contributed by atoms with Gasteiger partial charge in [-0.2, -0.15) is 0 Å². The maximum atomic E-state index is 11.7. The summed E-state index contributed by atoms with van der Waals surface area (Å²) in [7, 11) is 0. The molecule has 1 amide bonds. The molecule has 23 heavy (non-hydrogen) atoms. The van der Waals surface area contributed by atoms with E-state index in [0.717, 1.165) is 18.7 Å². The molecule has 0 aliphatic rings. The van der Waals surface area contributed by atoms with E-state index in [1.54, 1.807) is 12.3 Å². The molecule has 0 unspecified atom stereocenters. The van der Waals surface area contributed by atoms with Gasteiger partial charge in [0.2, 0.25) is 0 Å². The number of carbonyl (C=O) groups excluding carboxylic acids is 1. The molecule has 0 aliphatic heterocycles. The summed E-state index contributed by atoms with van der Waals surface area (Å²) in [6, 6.07) is 13.9. The Hall–Kier alpha value is -2.56. The third kappa shape index (κ3) is 6.38. The lowest BCUT2D eigenvalue weighted by Crippen LogP contribution is -2.27. The van der Waals surface area contributed by atoms with Gasteiger partial charge in [-0.1, -0.05) is 30.3 Å². The van der Waals surface area contributed by atoms with Crippen LogP contribution < -0.4 is 10.6 Å². The van der Waals surface area contributed by atoms with E-state index < -0.39 is 11.7 Å². The molecular weight excluding hydrogens is 290 g/mol. The predicted octanol–water partition coefficient (Wildman–Crippen LogP) is 4.08. The minimum atomic E-state index is -0.525. The van der Waals surface area contributed by atoms with Crippen molar-refractivity contribution in [3.05, 3.63) is 54.2 Å². The minimum Gasteiger partial charge on any atom is -0.444 e. The highest BCUT2D eigenvalue weighted by Crippen LogP contribution is 2.12. The van der Waals surface area contributed by atoms with Gasteiger partial charge in [-0.25, -0.2) is 9.78 Å². The van der Waals surface area contributed by atoms with Crippen LogP contribution in [-0.4, -0.2) is 23.2 Å². The summed E-state index contributed by atoms with van der Waals surface area (Å²) in [5.74, 6) is 0.466. The van der Waals surface area contributed by atoms with Gasteiger partial charge in [0, 0.05) is 6.54 Å². The number of aromatic nitrogens is 1. The molecule has 5 heteroatoms. The van der Waals surface area contributed by atoms with E-state index in [9.17, 15) is 4.79 Å². The summed E-state index contributed by atoms with van der Waals surface area (Å²) in [5.41, 5.74) is 1.68. The third-order valence-corrected chi connectivity index (χ3v) is 2.98. The van der Waals surface area contributed by atoms with Crippen LogP contribution in [0.2, 0.25) is 0 Å². The molecule has 1 heterocycles. The molecule has 1 aromatic carbocycles. The molecular formula is C18H23N3O2. The lowest BCUT2D eigenvalue weighted by atomic mass is 10.1. The van der Waals surface area contributed by atoms with Crippen LogP contribution in [0.4, 0.5) is 16.3 Å². The molecule has 0 saturated heterocycles. The van der Waals surface area contributed by atoms with Gasteiger partial charge < -0.3 is 10.1 Å². The highest BCUT2D eigenvalue weighted by atomic mass is 16.6. The Morgan fingerprint density at radius 2 is 1.87 bits per heavy atom. The lowest BCUT2D eigenvalue weighted by Gasteiger charge is -2.19. The summed E-state index contributed by atoms with van der Waals surface area (Å²) in [4.78, 5) is 15.9. The number of hydrogen-bond acceptors (Lipinski definition) is 4. The van der Waals surface area contributed by atoms with Crippen LogP contribution in [0.1, 0.15) is 26.3 Å². The number of ether oxygens (including phenoxy) is 1. The Bertz CT molecular complexity index is 619. The Morgan fingerprint density at radius 3 is 2.48 bits per heavy atom. The Kier molecular flexibility index (Phi) is 5.57. The average molecular weight is 313 g/mol. The van der Waals surface area contributed by atoms with Gasteiger partial charge in [0.05, 0.1) is 11.9 Å². The van der Waals surface area contributed by atoms with Gasteiger partial charge in [-0.05, 0) is 44.9 Å². The number of pyridine rings is 1. The highest BCUT2D eigenvalue weighted by molar-refractivity contribution is 5.83. The van der Waals surface area contributed by atoms with Crippen LogP contribution >= 0.6 is 0 Å². The number of benzene rings is 1. The van der Waals surface area contributed by atoms with Crippen molar-refractivity contribution in [1.82, 2.24) is 4.98 Å². The smallest absolute Gasteiger partial charge is 0.413 e. The van der Waals surface area contributed by atoms with Crippen molar-refractivity contribution in [3.8, 4) is 0 Å². The number of carbonyl (C=O) groups is 1. The largest absolute Gasteiger partial charge is 0.444 e. The van der Waals surface area contributed by atoms with Crippen LogP contribution in [0.25, 0.3) is 0 Å². The summed E-state index contributed by atoms with van der Waals surface area (Å²) in [6.45, 7) is 6.28. The number of amides is 1. The highest BCUT2D eigenvalue weighted by Gasteiger charge is 2.16. The van der Waals surface area contributed by atoms with Crippen LogP contribution in [-0.2, 0) is 11.2 Å². The number of nitrogens with one attached hydrogen (secondary N) is 2. The van der Waals surface area contributed by atoms with E-state index in [-0.39, 0.29) is 0 Å². The zero-order valence-electron chi connectivity index (χ0n) is 13.8. The van der Waals surface area contributed by atoms with Crippen LogP contribution in [0.3, 0.4) is 0 Å². The van der Waals surface area contributed by atoms with Crippen LogP contribution in [0.15, 0.2) is 48.7 Å². The van der Waals surface area contributed by atoms with E-state index >= 15 is 0 Å². The van der Waals surface area contributed by atoms with E-state index in [2.05, 4.69) is 27.8 Å². The molecule has 2 aromatic rings. The molecule has 0 fully saturated rings. The maximum Gasteiger partial charge on any atom is 0.413 e. The van der Waals surface area contributed by atoms with Crippen molar-refractivity contribution in [2.75, 3.05) is 17.2 Å². The van der Waals surface area contributed by atoms with Crippen molar-refractivity contribution in [1.29, 1.82) is 0 Å². The van der Waals surface area contributed by atoms with Crippen LogP contribution in [0.5, 0.6) is 0 Å². The first-order valence-corrected chi connectivity index (χ1v) is 7.66. The summed E-state index contributed by atoms with van der Waals surface area (Å²) < 4.78 is 5.18. The molecule has 0 spiro atoms.